The van der Waals surface area contributed by atoms with Crippen molar-refractivity contribution in [1.29, 1.82) is 0 Å². The molecule has 3 aromatic carbocycles. The summed E-state index contributed by atoms with van der Waals surface area (Å²) in [5, 5.41) is 0.735. The van der Waals surface area contributed by atoms with Crippen molar-refractivity contribution in [3.8, 4) is 0 Å². The van der Waals surface area contributed by atoms with Crippen LogP contribution in [0.3, 0.4) is 0 Å². The van der Waals surface area contributed by atoms with E-state index in [-0.39, 0.29) is 29.2 Å². The summed E-state index contributed by atoms with van der Waals surface area (Å²) >= 11 is 7.83. The van der Waals surface area contributed by atoms with E-state index in [1.54, 1.807) is 18.1 Å². The van der Waals surface area contributed by atoms with Gasteiger partial charge in [-0.3, -0.25) is 9.52 Å². The zero-order valence-corrected chi connectivity index (χ0v) is 24.8. The Balaban J connectivity index is 1.31. The number of rotatable bonds is 8. The van der Waals surface area contributed by atoms with Crippen molar-refractivity contribution in [2.24, 2.45) is 18.4 Å². The lowest BCUT2D eigenvalue weighted by molar-refractivity contribution is -0.120. The molecule has 7 heteroatoms. The minimum Gasteiger partial charge on any atom is -0.337 e. The fourth-order valence-corrected chi connectivity index (χ4v) is 7.39. The second-order valence-electron chi connectivity index (χ2n) is 11.6. The Morgan fingerprint density at radius 2 is 1.95 bits per heavy atom. The van der Waals surface area contributed by atoms with Gasteiger partial charge in [0.2, 0.25) is 5.91 Å². The first-order valence-electron chi connectivity index (χ1n) is 14.0. The number of hydrogen-bond acceptors (Lipinski definition) is 4. The first-order valence-corrected chi connectivity index (χ1v) is 15.2. The molecule has 1 amide bonds. The molecule has 206 valence electrons. The Kier molecular flexibility index (Phi) is 7.51. The van der Waals surface area contributed by atoms with E-state index in [1.807, 2.05) is 47.0 Å². The lowest BCUT2D eigenvalue weighted by Crippen LogP contribution is -2.34. The highest BCUT2D eigenvalue weighted by Crippen LogP contribution is 2.65. The van der Waals surface area contributed by atoms with E-state index in [0.29, 0.717) is 6.54 Å². The molecule has 2 aliphatic rings. The van der Waals surface area contributed by atoms with Crippen molar-refractivity contribution in [1.82, 2.24) is 14.3 Å². The van der Waals surface area contributed by atoms with Crippen LogP contribution in [0.25, 0.3) is 0 Å². The van der Waals surface area contributed by atoms with Crippen molar-refractivity contribution in [3.05, 3.63) is 113 Å². The number of hydrogen-bond donors (Lipinski definition) is 1. The van der Waals surface area contributed by atoms with Gasteiger partial charge in [0.05, 0.1) is 12.5 Å². The second kappa shape index (κ2) is 11.1. The zero-order valence-electron chi connectivity index (χ0n) is 23.2. The number of anilines is 1. The van der Waals surface area contributed by atoms with E-state index < -0.39 is 0 Å². The van der Waals surface area contributed by atoms with Crippen molar-refractivity contribution in [2.45, 2.75) is 56.5 Å². The summed E-state index contributed by atoms with van der Waals surface area (Å²) in [4.78, 5) is 22.0. The van der Waals surface area contributed by atoms with Crippen LogP contribution in [0, 0.1) is 11.3 Å². The molecular formula is C33H35ClN4OS. The van der Waals surface area contributed by atoms with Gasteiger partial charge in [0.15, 0.2) is 0 Å². The fourth-order valence-electron chi connectivity index (χ4n) is 6.28. The van der Waals surface area contributed by atoms with Gasteiger partial charge in [0.1, 0.15) is 5.82 Å². The second-order valence-corrected chi connectivity index (χ2v) is 12.9. The molecule has 1 saturated carbocycles. The van der Waals surface area contributed by atoms with Gasteiger partial charge in [-0.1, -0.05) is 67.9 Å². The third-order valence-electron chi connectivity index (χ3n) is 8.61. The van der Waals surface area contributed by atoms with Crippen LogP contribution in [-0.2, 0) is 24.8 Å². The molecule has 0 spiro atoms. The van der Waals surface area contributed by atoms with Crippen LogP contribution in [0.1, 0.15) is 61.2 Å². The summed E-state index contributed by atoms with van der Waals surface area (Å²) in [6.07, 6.45) is 6.96. The van der Waals surface area contributed by atoms with Crippen molar-refractivity contribution in [3.63, 3.8) is 0 Å². The number of halogens is 1. The molecule has 0 radical (unpaired) electrons. The van der Waals surface area contributed by atoms with E-state index in [9.17, 15) is 4.79 Å². The molecule has 0 aliphatic heterocycles. The van der Waals surface area contributed by atoms with Gasteiger partial charge >= 0.3 is 0 Å². The molecule has 2 aliphatic carbocycles. The standard InChI is InChI=1S/C33H35ClN4OS/c1-33(2)30(23-9-5-4-6-10-23)31(33)32(39)38(21-29-35-17-18-37(29)3)25-16-15-22-11-7-14-28(27(22)20-25)36-40-26-13-8-12-24(34)19-26/h4-6,8-10,12-13,15-20,28,30-31,36H,7,11,14,21H2,1-3H3. The number of aromatic nitrogens is 2. The summed E-state index contributed by atoms with van der Waals surface area (Å²) in [5.74, 6) is 1.15. The molecule has 0 saturated heterocycles. The Labute approximate surface area is 246 Å². The summed E-state index contributed by atoms with van der Waals surface area (Å²) in [6.45, 7) is 4.86. The number of benzene rings is 3. The van der Waals surface area contributed by atoms with Crippen LogP contribution in [-0.4, -0.2) is 15.5 Å². The van der Waals surface area contributed by atoms with Crippen LogP contribution >= 0.6 is 23.5 Å². The molecule has 5 nitrogen and oxygen atoms in total. The number of nitrogens with zero attached hydrogens (tertiary/aromatic N) is 3. The number of carbonyl (C=O) groups excluding carboxylic acids is 1. The summed E-state index contributed by atoms with van der Waals surface area (Å²) < 4.78 is 5.68. The predicted octanol–water partition coefficient (Wildman–Crippen LogP) is 7.72. The maximum atomic E-state index is 14.4. The van der Waals surface area contributed by atoms with Crippen molar-refractivity contribution >= 4 is 35.1 Å². The third kappa shape index (κ3) is 5.32. The van der Waals surface area contributed by atoms with Crippen molar-refractivity contribution < 1.29 is 4.79 Å². The molecule has 0 bridgehead atoms. The Morgan fingerprint density at radius 3 is 2.70 bits per heavy atom. The molecule has 1 fully saturated rings. The SMILES string of the molecule is Cn1ccnc1CN(C(=O)C1C(c2ccccc2)C1(C)C)c1ccc2c(c1)C(NSc1cccc(Cl)c1)CCC2. The highest BCUT2D eigenvalue weighted by molar-refractivity contribution is 7.97. The van der Waals surface area contributed by atoms with Gasteiger partial charge in [-0.2, -0.15) is 0 Å². The minimum absolute atomic E-state index is 0.0847. The number of imidazole rings is 1. The molecule has 40 heavy (non-hydrogen) atoms. The molecule has 1 heterocycles. The topological polar surface area (TPSA) is 50.2 Å². The quantitative estimate of drug-likeness (QED) is 0.220. The first kappa shape index (κ1) is 27.1. The molecule has 1 aromatic heterocycles. The number of aryl methyl sites for hydroxylation is 2. The smallest absolute Gasteiger partial charge is 0.231 e. The van der Waals surface area contributed by atoms with Gasteiger partial charge < -0.3 is 9.47 Å². The Morgan fingerprint density at radius 1 is 1.12 bits per heavy atom. The monoisotopic (exact) mass is 570 g/mol. The highest BCUT2D eigenvalue weighted by Gasteiger charge is 2.63. The van der Waals surface area contributed by atoms with Gasteiger partial charge in [-0.25, -0.2) is 4.98 Å². The third-order valence-corrected chi connectivity index (χ3v) is 9.74. The van der Waals surface area contributed by atoms with Gasteiger partial charge in [-0.15, -0.1) is 0 Å². The molecule has 4 aromatic rings. The lowest BCUT2D eigenvalue weighted by atomic mass is 9.87. The molecule has 1 N–H and O–H groups in total. The minimum atomic E-state index is -0.107. The summed E-state index contributed by atoms with van der Waals surface area (Å²) in [5.41, 5.74) is 4.67. The number of amides is 1. The van der Waals surface area contributed by atoms with E-state index in [0.717, 1.165) is 40.7 Å². The van der Waals surface area contributed by atoms with Gasteiger partial charge in [-0.05, 0) is 83.6 Å². The number of nitrogens with one attached hydrogen (secondary N) is 1. The number of carbonyl (C=O) groups is 1. The fraction of sp³-hybridized carbons (Fsp3) is 0.333. The van der Waals surface area contributed by atoms with E-state index >= 15 is 0 Å². The van der Waals surface area contributed by atoms with Gasteiger partial charge in [0.25, 0.3) is 0 Å². The van der Waals surface area contributed by atoms with Crippen LogP contribution in [0.4, 0.5) is 5.69 Å². The average molecular weight is 571 g/mol. The van der Waals surface area contributed by atoms with Crippen molar-refractivity contribution in [2.75, 3.05) is 4.90 Å². The lowest BCUT2D eigenvalue weighted by Gasteiger charge is -2.29. The van der Waals surface area contributed by atoms with E-state index in [4.69, 9.17) is 11.6 Å². The largest absolute Gasteiger partial charge is 0.337 e. The van der Waals surface area contributed by atoms with E-state index in [1.165, 1.54) is 16.7 Å². The van der Waals surface area contributed by atoms with Crippen LogP contribution in [0.2, 0.25) is 5.02 Å². The first-order chi connectivity index (χ1) is 19.3. The van der Waals surface area contributed by atoms with Crippen LogP contribution in [0.15, 0.2) is 90.1 Å². The summed E-state index contributed by atoms with van der Waals surface area (Å²) in [7, 11) is 1.98. The predicted molar refractivity (Wildman–Crippen MR) is 163 cm³/mol. The normalized spacial score (nSPS) is 21.1. The van der Waals surface area contributed by atoms with E-state index in [2.05, 4.69) is 72.1 Å². The van der Waals surface area contributed by atoms with Gasteiger partial charge in [0, 0.05) is 47.0 Å². The van der Waals surface area contributed by atoms with Crippen LogP contribution < -0.4 is 9.62 Å². The Hall–Kier alpha value is -3.06. The maximum Gasteiger partial charge on any atom is 0.231 e. The molecular weight excluding hydrogens is 536 g/mol. The molecule has 3 unspecified atom stereocenters. The molecule has 3 atom stereocenters. The maximum absolute atomic E-state index is 14.4. The Bertz CT molecular complexity index is 1520. The number of fused-ring (bicyclic) bond motifs is 1. The summed E-state index contributed by atoms with van der Waals surface area (Å²) in [6, 6.07) is 25.1. The zero-order chi connectivity index (χ0) is 27.9. The molecule has 6 rings (SSSR count). The highest BCUT2D eigenvalue weighted by atomic mass is 35.5. The average Bonchev–Trinajstić information content (AvgIpc) is 3.31. The van der Waals surface area contributed by atoms with Crippen LogP contribution in [0.5, 0.6) is 0 Å².